The lowest BCUT2D eigenvalue weighted by Gasteiger charge is -2.23. The van der Waals surface area contributed by atoms with E-state index in [1.54, 1.807) is 14.2 Å². The molecular weight excluding hydrogens is 188 g/mol. The molecule has 0 aliphatic rings. The molecule has 0 saturated heterocycles. The number of methoxy groups -OCH3 is 2. The highest BCUT2D eigenvalue weighted by atomic mass is 79.9. The van der Waals surface area contributed by atoms with Crippen LogP contribution in [0.5, 0.6) is 0 Å². The fourth-order valence-corrected chi connectivity index (χ4v) is 0.650. The van der Waals surface area contributed by atoms with Crippen molar-refractivity contribution in [3.05, 3.63) is 0 Å². The molecule has 0 aliphatic heterocycles. The maximum atomic E-state index is 4.88. The van der Waals surface area contributed by atoms with Gasteiger partial charge in [-0.2, -0.15) is 0 Å². The van der Waals surface area contributed by atoms with E-state index < -0.39 is 5.41 Å². The molecule has 0 saturated carbocycles. The maximum absolute atomic E-state index is 4.88. The van der Waals surface area contributed by atoms with Crippen molar-refractivity contribution >= 4 is 26.2 Å². The number of halogens is 1. The van der Waals surface area contributed by atoms with Crippen LogP contribution >= 0.6 is 15.9 Å². The van der Waals surface area contributed by atoms with Crippen LogP contribution in [-0.4, -0.2) is 35.2 Å². The molecule has 0 atom stereocenters. The summed E-state index contributed by atoms with van der Waals surface area (Å²) >= 11 is 3.19. The summed E-state index contributed by atoms with van der Waals surface area (Å²) in [6.07, 6.45) is 0. The van der Waals surface area contributed by atoms with Gasteiger partial charge in [-0.1, -0.05) is 15.9 Å². The van der Waals surface area contributed by atoms with E-state index in [1.807, 2.05) is 0 Å². The second-order valence-corrected chi connectivity index (χ2v) is 2.62. The summed E-state index contributed by atoms with van der Waals surface area (Å²) in [5.41, 5.74) is -0.653. The van der Waals surface area contributed by atoms with Crippen LogP contribution in [0.4, 0.5) is 0 Å². The quantitative estimate of drug-likeness (QED) is 0.371. The molecule has 8 heavy (non-hydrogen) atoms. The minimum atomic E-state index is -0.653. The molecule has 0 amide bonds. The fraction of sp³-hybridized carbons (Fsp3) is 1.00. The Morgan fingerprint density at radius 3 is 1.88 bits per heavy atom. The van der Waals surface area contributed by atoms with Crippen molar-refractivity contribution in [2.75, 3.05) is 19.5 Å². The highest BCUT2D eigenvalue weighted by molar-refractivity contribution is 9.09. The number of alkyl halides is 1. The number of rotatable bonds is 3. The maximum Gasteiger partial charge on any atom is 0.152 e. The summed E-state index contributed by atoms with van der Waals surface area (Å²) in [6.45, 7) is 0. The molecule has 0 heterocycles. The second-order valence-electron chi connectivity index (χ2n) is 1.29. The molecule has 2 nitrogen and oxygen atoms in total. The predicted octanol–water partition coefficient (Wildman–Crippen LogP) is 0.496. The van der Waals surface area contributed by atoms with E-state index in [0.717, 1.165) is 0 Å². The average molecular weight is 196 g/mol. The Labute approximate surface area is 61.1 Å². The summed E-state index contributed by atoms with van der Waals surface area (Å²) in [4.78, 5) is 0. The highest BCUT2D eigenvalue weighted by Gasteiger charge is 2.19. The summed E-state index contributed by atoms with van der Waals surface area (Å²) in [5, 5.41) is 0.601. The van der Waals surface area contributed by atoms with Gasteiger partial charge in [0.1, 0.15) is 10.2 Å². The smallest absolute Gasteiger partial charge is 0.152 e. The van der Waals surface area contributed by atoms with Crippen LogP contribution in [0.15, 0.2) is 0 Å². The minimum Gasteiger partial charge on any atom is -0.357 e. The second kappa shape index (κ2) is 3.61. The van der Waals surface area contributed by atoms with Crippen LogP contribution in [0.2, 0.25) is 0 Å². The van der Waals surface area contributed by atoms with Gasteiger partial charge in [0.2, 0.25) is 0 Å². The molecule has 0 aromatic carbocycles. The van der Waals surface area contributed by atoms with Crippen LogP contribution in [0.25, 0.3) is 0 Å². The minimum absolute atomic E-state index is 0.601. The van der Waals surface area contributed by atoms with Crippen molar-refractivity contribution in [3.63, 3.8) is 0 Å². The van der Waals surface area contributed by atoms with Gasteiger partial charge in [-0.05, 0) is 0 Å². The summed E-state index contributed by atoms with van der Waals surface area (Å²) < 4.78 is 9.76. The van der Waals surface area contributed by atoms with Crippen molar-refractivity contribution in [1.82, 2.24) is 0 Å². The molecular formula is C4H8BrO2Si. The Kier molecular flexibility index (Phi) is 3.88. The average Bonchev–Trinajstić information content (AvgIpc) is 1.87. The van der Waals surface area contributed by atoms with Crippen molar-refractivity contribution < 1.29 is 9.47 Å². The standard InChI is InChI=1S/C4H8BrO2Si/c1-6-4(8,3-5)7-2/h3H2,1-2H3. The van der Waals surface area contributed by atoms with Gasteiger partial charge in [0.25, 0.3) is 0 Å². The molecule has 47 valence electrons. The lowest BCUT2D eigenvalue weighted by Crippen LogP contribution is -2.35. The summed E-state index contributed by atoms with van der Waals surface area (Å²) in [7, 11) is 6.37. The lowest BCUT2D eigenvalue weighted by molar-refractivity contribution is -0.123. The van der Waals surface area contributed by atoms with Crippen LogP contribution in [0, 0.1) is 0 Å². The summed E-state index contributed by atoms with van der Waals surface area (Å²) in [5.74, 6) is 0. The zero-order valence-electron chi connectivity index (χ0n) is 4.90. The number of hydrogen-bond donors (Lipinski definition) is 0. The predicted molar refractivity (Wildman–Crippen MR) is 36.3 cm³/mol. The SMILES string of the molecule is COC([Si])(CBr)OC. The van der Waals surface area contributed by atoms with Crippen LogP contribution in [0.1, 0.15) is 0 Å². The third-order valence-electron chi connectivity index (χ3n) is 0.835. The van der Waals surface area contributed by atoms with Crippen molar-refractivity contribution in [3.8, 4) is 0 Å². The first-order valence-corrected chi connectivity index (χ1v) is 3.72. The Balaban J connectivity index is 3.58. The van der Waals surface area contributed by atoms with E-state index in [2.05, 4.69) is 26.2 Å². The fourth-order valence-electron chi connectivity index (χ4n) is 0.192. The molecule has 0 N–H and O–H groups in total. The van der Waals surface area contributed by atoms with E-state index >= 15 is 0 Å². The van der Waals surface area contributed by atoms with E-state index in [0.29, 0.717) is 5.33 Å². The van der Waals surface area contributed by atoms with Crippen molar-refractivity contribution in [2.24, 2.45) is 0 Å². The Morgan fingerprint density at radius 2 is 1.88 bits per heavy atom. The first-order chi connectivity index (χ1) is 3.68. The number of hydrogen-bond acceptors (Lipinski definition) is 2. The van der Waals surface area contributed by atoms with Crippen molar-refractivity contribution in [2.45, 2.75) is 5.41 Å². The van der Waals surface area contributed by atoms with E-state index in [9.17, 15) is 0 Å². The first-order valence-electron chi connectivity index (χ1n) is 2.10. The van der Waals surface area contributed by atoms with Gasteiger partial charge in [-0.25, -0.2) is 0 Å². The van der Waals surface area contributed by atoms with E-state index in [-0.39, 0.29) is 0 Å². The Hall–Kier alpha value is 0.617. The van der Waals surface area contributed by atoms with Gasteiger partial charge in [-0.15, -0.1) is 0 Å². The molecule has 0 rings (SSSR count). The van der Waals surface area contributed by atoms with Crippen LogP contribution in [-0.2, 0) is 9.47 Å². The molecule has 0 aromatic heterocycles. The first kappa shape index (κ1) is 8.62. The van der Waals surface area contributed by atoms with Gasteiger partial charge in [0, 0.05) is 14.2 Å². The molecule has 4 heteroatoms. The van der Waals surface area contributed by atoms with Gasteiger partial charge >= 0.3 is 0 Å². The topological polar surface area (TPSA) is 18.5 Å². The third kappa shape index (κ3) is 2.26. The molecule has 0 spiro atoms. The van der Waals surface area contributed by atoms with Crippen LogP contribution in [0.3, 0.4) is 0 Å². The van der Waals surface area contributed by atoms with Gasteiger partial charge in [0.05, 0.1) is 5.33 Å². The lowest BCUT2D eigenvalue weighted by atomic mass is 10.7. The number of ether oxygens (including phenoxy) is 2. The highest BCUT2D eigenvalue weighted by Crippen LogP contribution is 2.07. The van der Waals surface area contributed by atoms with Gasteiger partial charge < -0.3 is 9.47 Å². The monoisotopic (exact) mass is 195 g/mol. The molecule has 3 radical (unpaired) electrons. The van der Waals surface area contributed by atoms with E-state index in [4.69, 9.17) is 9.47 Å². The summed E-state index contributed by atoms with van der Waals surface area (Å²) in [6, 6.07) is 0. The largest absolute Gasteiger partial charge is 0.357 e. The molecule has 0 unspecified atom stereocenters. The van der Waals surface area contributed by atoms with Gasteiger partial charge in [0.15, 0.2) is 5.41 Å². The van der Waals surface area contributed by atoms with Gasteiger partial charge in [-0.3, -0.25) is 0 Å². The molecule has 0 aromatic rings. The normalized spacial score (nSPS) is 12.0. The molecule has 0 bridgehead atoms. The third-order valence-corrected chi connectivity index (χ3v) is 2.68. The molecule has 0 fully saturated rings. The van der Waals surface area contributed by atoms with E-state index in [1.165, 1.54) is 0 Å². The van der Waals surface area contributed by atoms with Crippen molar-refractivity contribution in [1.29, 1.82) is 0 Å². The Bertz CT molecular complexity index is 56.8. The zero-order chi connectivity index (χ0) is 6.62. The molecule has 0 aliphatic carbocycles. The zero-order valence-corrected chi connectivity index (χ0v) is 7.49. The van der Waals surface area contributed by atoms with Crippen LogP contribution < -0.4 is 0 Å². The Morgan fingerprint density at radius 1 is 1.50 bits per heavy atom.